The van der Waals surface area contributed by atoms with Gasteiger partial charge in [-0.2, -0.15) is 0 Å². The first-order valence-corrected chi connectivity index (χ1v) is 6.91. The summed E-state index contributed by atoms with van der Waals surface area (Å²) in [5.74, 6) is -0.459. The Bertz CT molecular complexity index is 929. The van der Waals surface area contributed by atoms with Crippen LogP contribution in [-0.2, 0) is 0 Å². The highest BCUT2D eigenvalue weighted by atomic mass is 16.2. The van der Waals surface area contributed by atoms with Crippen molar-refractivity contribution in [2.75, 3.05) is 5.32 Å². The minimum absolute atomic E-state index is 0.0157. The number of aromatic nitrogens is 2. The van der Waals surface area contributed by atoms with Gasteiger partial charge in [-0.15, -0.1) is 0 Å². The molecule has 1 amide bonds. The molecular formula is C17H15N3O2. The van der Waals surface area contributed by atoms with Gasteiger partial charge in [-0.25, -0.2) is 4.98 Å². The lowest BCUT2D eigenvalue weighted by molar-refractivity contribution is 0.102. The second kappa shape index (κ2) is 5.44. The van der Waals surface area contributed by atoms with Crippen LogP contribution in [0.4, 0.5) is 5.69 Å². The van der Waals surface area contributed by atoms with Gasteiger partial charge < -0.3 is 5.32 Å². The average molecular weight is 293 g/mol. The molecule has 0 aliphatic heterocycles. The van der Waals surface area contributed by atoms with Gasteiger partial charge in [0.25, 0.3) is 11.5 Å². The Morgan fingerprint density at radius 2 is 1.95 bits per heavy atom. The molecule has 0 fully saturated rings. The number of rotatable bonds is 2. The molecule has 0 saturated heterocycles. The molecule has 2 aromatic heterocycles. The van der Waals surface area contributed by atoms with E-state index in [1.165, 1.54) is 10.6 Å². The molecule has 0 saturated carbocycles. The van der Waals surface area contributed by atoms with Crippen molar-refractivity contribution in [3.8, 4) is 0 Å². The Kier molecular flexibility index (Phi) is 3.47. The fourth-order valence-electron chi connectivity index (χ4n) is 2.20. The summed E-state index contributed by atoms with van der Waals surface area (Å²) in [5.41, 5.74) is 3.02. The molecule has 0 atom stereocenters. The molecule has 1 aromatic carbocycles. The van der Waals surface area contributed by atoms with Crippen molar-refractivity contribution >= 4 is 17.2 Å². The highest BCUT2D eigenvalue weighted by Gasteiger charge is 2.13. The quantitative estimate of drug-likeness (QED) is 0.790. The maximum Gasteiger partial charge on any atom is 0.270 e. The van der Waals surface area contributed by atoms with Crippen LogP contribution in [0.15, 0.2) is 53.6 Å². The van der Waals surface area contributed by atoms with Gasteiger partial charge in [-0.05, 0) is 49.2 Å². The van der Waals surface area contributed by atoms with E-state index in [4.69, 9.17) is 0 Å². The molecule has 0 radical (unpaired) electrons. The van der Waals surface area contributed by atoms with Crippen LogP contribution >= 0.6 is 0 Å². The van der Waals surface area contributed by atoms with E-state index in [1.54, 1.807) is 24.4 Å². The summed E-state index contributed by atoms with van der Waals surface area (Å²) in [6.07, 6.45) is 2.91. The van der Waals surface area contributed by atoms with Gasteiger partial charge >= 0.3 is 0 Å². The van der Waals surface area contributed by atoms with Gasteiger partial charge in [0.05, 0.1) is 0 Å². The van der Waals surface area contributed by atoms with Gasteiger partial charge in [-0.3, -0.25) is 14.0 Å². The maximum atomic E-state index is 12.3. The lowest BCUT2D eigenvalue weighted by Gasteiger charge is -2.08. The highest BCUT2D eigenvalue weighted by Crippen LogP contribution is 2.14. The summed E-state index contributed by atoms with van der Waals surface area (Å²) in [5, 5.41) is 2.74. The zero-order valence-electron chi connectivity index (χ0n) is 12.3. The average Bonchev–Trinajstić information content (AvgIpc) is 2.51. The number of pyridine rings is 1. The summed E-state index contributed by atoms with van der Waals surface area (Å²) in [6, 6.07) is 10.8. The molecule has 5 heteroatoms. The van der Waals surface area contributed by atoms with E-state index < -0.39 is 5.91 Å². The molecule has 0 spiro atoms. The zero-order chi connectivity index (χ0) is 15.7. The molecule has 0 unspecified atom stereocenters. The predicted molar refractivity (Wildman–Crippen MR) is 85.3 cm³/mol. The van der Waals surface area contributed by atoms with Gasteiger partial charge in [0, 0.05) is 18.1 Å². The number of fused-ring (bicyclic) bond motifs is 1. The van der Waals surface area contributed by atoms with Gasteiger partial charge in [0.1, 0.15) is 11.2 Å². The van der Waals surface area contributed by atoms with Crippen molar-refractivity contribution in [2.45, 2.75) is 13.8 Å². The third kappa shape index (κ3) is 2.48. The second-order valence-electron chi connectivity index (χ2n) is 5.16. The van der Waals surface area contributed by atoms with Crippen molar-refractivity contribution < 1.29 is 4.79 Å². The molecule has 3 aromatic rings. The number of nitrogens with one attached hydrogen (secondary N) is 1. The topological polar surface area (TPSA) is 63.5 Å². The van der Waals surface area contributed by atoms with Crippen molar-refractivity contribution in [1.82, 2.24) is 9.38 Å². The second-order valence-corrected chi connectivity index (χ2v) is 5.16. The maximum absolute atomic E-state index is 12.3. The molecule has 3 rings (SSSR count). The van der Waals surface area contributed by atoms with Crippen molar-refractivity contribution in [1.29, 1.82) is 0 Å². The summed E-state index contributed by atoms with van der Waals surface area (Å²) >= 11 is 0. The van der Waals surface area contributed by atoms with Crippen molar-refractivity contribution in [2.24, 2.45) is 0 Å². The van der Waals surface area contributed by atoms with E-state index >= 15 is 0 Å². The smallest absolute Gasteiger partial charge is 0.270 e. The molecule has 2 heterocycles. The Hall–Kier alpha value is -2.95. The van der Waals surface area contributed by atoms with Crippen LogP contribution in [0.3, 0.4) is 0 Å². The van der Waals surface area contributed by atoms with Crippen LogP contribution in [0.2, 0.25) is 0 Å². The number of carbonyl (C=O) groups excluding carboxylic acids is 1. The summed E-state index contributed by atoms with van der Waals surface area (Å²) in [6.45, 7) is 3.97. The minimum atomic E-state index is -0.459. The number of carbonyl (C=O) groups is 1. The third-order valence-electron chi connectivity index (χ3n) is 3.62. The monoisotopic (exact) mass is 293 g/mol. The van der Waals surface area contributed by atoms with Gasteiger partial charge in [0.2, 0.25) is 0 Å². The Morgan fingerprint density at radius 1 is 1.14 bits per heavy atom. The van der Waals surface area contributed by atoms with Crippen molar-refractivity contribution in [3.05, 3.63) is 75.8 Å². The Balaban J connectivity index is 1.97. The van der Waals surface area contributed by atoms with Crippen LogP contribution in [-0.4, -0.2) is 15.3 Å². The van der Waals surface area contributed by atoms with E-state index in [0.29, 0.717) is 11.3 Å². The molecule has 1 N–H and O–H groups in total. The predicted octanol–water partition coefficient (Wildman–Crippen LogP) is 2.56. The van der Waals surface area contributed by atoms with E-state index in [0.717, 1.165) is 11.1 Å². The van der Waals surface area contributed by atoms with Crippen molar-refractivity contribution in [3.63, 3.8) is 0 Å². The van der Waals surface area contributed by atoms with E-state index in [1.807, 2.05) is 32.0 Å². The van der Waals surface area contributed by atoms with Crippen LogP contribution in [0, 0.1) is 13.8 Å². The summed E-state index contributed by atoms with van der Waals surface area (Å²) in [7, 11) is 0. The lowest BCUT2D eigenvalue weighted by atomic mass is 10.1. The van der Waals surface area contributed by atoms with Crippen LogP contribution < -0.4 is 10.9 Å². The van der Waals surface area contributed by atoms with E-state index in [-0.39, 0.29) is 11.1 Å². The molecule has 0 aliphatic carbocycles. The first-order valence-electron chi connectivity index (χ1n) is 6.91. The van der Waals surface area contributed by atoms with Gasteiger partial charge in [-0.1, -0.05) is 12.1 Å². The number of benzene rings is 1. The SMILES string of the molecule is Cc1ccc(NC(=O)c2cnc3ccccn3c2=O)cc1C. The fourth-order valence-corrected chi connectivity index (χ4v) is 2.20. The van der Waals surface area contributed by atoms with Crippen LogP contribution in [0.5, 0.6) is 0 Å². The Morgan fingerprint density at radius 3 is 2.73 bits per heavy atom. The van der Waals surface area contributed by atoms with Crippen LogP contribution in [0.25, 0.3) is 5.65 Å². The first kappa shape index (κ1) is 14.0. The number of hydrogen-bond donors (Lipinski definition) is 1. The largest absolute Gasteiger partial charge is 0.322 e. The molecule has 0 bridgehead atoms. The number of nitrogens with zero attached hydrogens (tertiary/aromatic N) is 2. The Labute approximate surface area is 127 Å². The first-order chi connectivity index (χ1) is 10.6. The minimum Gasteiger partial charge on any atom is -0.322 e. The van der Waals surface area contributed by atoms with E-state index in [2.05, 4.69) is 10.3 Å². The number of hydrogen-bond acceptors (Lipinski definition) is 3. The summed E-state index contributed by atoms with van der Waals surface area (Å²) in [4.78, 5) is 28.8. The van der Waals surface area contributed by atoms with E-state index in [9.17, 15) is 9.59 Å². The lowest BCUT2D eigenvalue weighted by Crippen LogP contribution is -2.26. The number of amides is 1. The molecule has 5 nitrogen and oxygen atoms in total. The third-order valence-corrected chi connectivity index (χ3v) is 3.62. The highest BCUT2D eigenvalue weighted by molar-refractivity contribution is 6.04. The number of anilines is 1. The molecule has 22 heavy (non-hydrogen) atoms. The molecule has 0 aliphatic rings. The van der Waals surface area contributed by atoms with Crippen LogP contribution in [0.1, 0.15) is 21.5 Å². The zero-order valence-corrected chi connectivity index (χ0v) is 12.3. The normalized spacial score (nSPS) is 10.6. The summed E-state index contributed by atoms with van der Waals surface area (Å²) < 4.78 is 1.36. The fraction of sp³-hybridized carbons (Fsp3) is 0.118. The standard InChI is InChI=1S/C17H15N3O2/c1-11-6-7-13(9-12(11)2)19-16(21)14-10-18-15-5-3-4-8-20(15)17(14)22/h3-10H,1-2H3,(H,19,21). The number of aryl methyl sites for hydroxylation is 2. The molecule has 110 valence electrons. The van der Waals surface area contributed by atoms with Gasteiger partial charge in [0.15, 0.2) is 0 Å². The molecular weight excluding hydrogens is 278 g/mol.